The van der Waals surface area contributed by atoms with Crippen molar-refractivity contribution in [2.75, 3.05) is 6.66 Å². The van der Waals surface area contributed by atoms with Gasteiger partial charge in [-0.15, -0.1) is 0 Å². The van der Waals surface area contributed by atoms with Crippen LogP contribution in [0.25, 0.3) is 0 Å². The summed E-state index contributed by atoms with van der Waals surface area (Å²) < 4.78 is 15.6. The number of benzene rings is 1. The maximum Gasteiger partial charge on any atom is 0.373 e. The first-order valence-electron chi connectivity index (χ1n) is 3.33. The van der Waals surface area contributed by atoms with E-state index in [9.17, 15) is 4.57 Å². The molecular weight excluding hydrogens is 234 g/mol. The largest absolute Gasteiger partial charge is 0.423 e. The lowest BCUT2D eigenvalue weighted by molar-refractivity contribution is 0.387. The molecule has 1 rings (SSSR count). The van der Waals surface area contributed by atoms with Crippen LogP contribution in [0, 0.1) is 0 Å². The van der Waals surface area contributed by atoms with Gasteiger partial charge in [-0.3, -0.25) is 0 Å². The lowest BCUT2D eigenvalue weighted by Gasteiger charge is -2.09. The van der Waals surface area contributed by atoms with Crippen LogP contribution >= 0.6 is 30.8 Å². The van der Waals surface area contributed by atoms with Crippen molar-refractivity contribution in [2.45, 2.75) is 0 Å². The molecule has 6 heteroatoms. The van der Waals surface area contributed by atoms with Crippen molar-refractivity contribution in [3.8, 4) is 5.75 Å². The molecule has 0 amide bonds. The standard InChI is InChI=1S/C7H7Cl2O3P/c1-13(10,11)12-7-3-2-5(8)4-6(7)9/h2-4H,1H3,(H,10,11). The average molecular weight is 241 g/mol. The Hall–Kier alpha value is -0.210. The van der Waals surface area contributed by atoms with Crippen molar-refractivity contribution in [1.82, 2.24) is 0 Å². The summed E-state index contributed by atoms with van der Waals surface area (Å²) in [6.07, 6.45) is 0. The molecule has 13 heavy (non-hydrogen) atoms. The average Bonchev–Trinajstić information content (AvgIpc) is 1.93. The van der Waals surface area contributed by atoms with Gasteiger partial charge in [-0.1, -0.05) is 23.2 Å². The molecule has 0 aromatic heterocycles. The van der Waals surface area contributed by atoms with Gasteiger partial charge in [0.05, 0.1) is 5.02 Å². The Morgan fingerprint density at radius 1 is 1.46 bits per heavy atom. The lowest BCUT2D eigenvalue weighted by Crippen LogP contribution is -1.89. The minimum absolute atomic E-state index is 0.152. The molecule has 1 atom stereocenters. The van der Waals surface area contributed by atoms with Gasteiger partial charge in [-0.2, -0.15) is 0 Å². The summed E-state index contributed by atoms with van der Waals surface area (Å²) in [5, 5.41) is 0.657. The van der Waals surface area contributed by atoms with Crippen LogP contribution in [-0.4, -0.2) is 11.6 Å². The number of hydrogen-bond acceptors (Lipinski definition) is 2. The maximum atomic E-state index is 10.9. The zero-order valence-electron chi connectivity index (χ0n) is 6.70. The van der Waals surface area contributed by atoms with Crippen LogP contribution in [-0.2, 0) is 4.57 Å². The summed E-state index contributed by atoms with van der Waals surface area (Å²) in [7, 11) is -3.56. The SMILES string of the molecule is CP(=O)(O)Oc1ccc(Cl)cc1Cl. The van der Waals surface area contributed by atoms with E-state index in [0.29, 0.717) is 5.02 Å². The molecule has 0 bridgehead atoms. The van der Waals surface area contributed by atoms with E-state index in [2.05, 4.69) is 0 Å². The van der Waals surface area contributed by atoms with E-state index >= 15 is 0 Å². The van der Waals surface area contributed by atoms with Crippen molar-refractivity contribution in [3.05, 3.63) is 28.2 Å². The van der Waals surface area contributed by atoms with Gasteiger partial charge in [0, 0.05) is 11.7 Å². The van der Waals surface area contributed by atoms with Crippen LogP contribution in [0.5, 0.6) is 5.75 Å². The summed E-state index contributed by atoms with van der Waals surface area (Å²) >= 11 is 11.3. The van der Waals surface area contributed by atoms with Crippen LogP contribution in [0.1, 0.15) is 0 Å². The minimum atomic E-state index is -3.56. The molecule has 0 saturated heterocycles. The Kier molecular flexibility index (Phi) is 3.25. The highest BCUT2D eigenvalue weighted by atomic mass is 35.5. The maximum absolute atomic E-state index is 10.9. The zero-order chi connectivity index (χ0) is 10.1. The van der Waals surface area contributed by atoms with Crippen LogP contribution in [0.4, 0.5) is 0 Å². The fraction of sp³-hybridized carbons (Fsp3) is 0.143. The van der Waals surface area contributed by atoms with Gasteiger partial charge >= 0.3 is 7.60 Å². The molecule has 3 nitrogen and oxygen atoms in total. The Balaban J connectivity index is 2.97. The molecule has 72 valence electrons. The molecule has 1 aromatic carbocycles. The Morgan fingerprint density at radius 2 is 2.08 bits per heavy atom. The second-order valence-corrected chi connectivity index (χ2v) is 5.10. The molecular formula is C7H7Cl2O3P. The number of hydrogen-bond donors (Lipinski definition) is 1. The summed E-state index contributed by atoms with van der Waals surface area (Å²) in [5.74, 6) is 0.152. The van der Waals surface area contributed by atoms with E-state index in [0.717, 1.165) is 6.66 Å². The molecule has 0 heterocycles. The van der Waals surface area contributed by atoms with Crippen molar-refractivity contribution < 1.29 is 14.0 Å². The molecule has 0 aliphatic carbocycles. The van der Waals surface area contributed by atoms with E-state index in [1.807, 2.05) is 0 Å². The molecule has 1 N–H and O–H groups in total. The van der Waals surface area contributed by atoms with E-state index in [1.54, 1.807) is 0 Å². The van der Waals surface area contributed by atoms with E-state index in [4.69, 9.17) is 32.6 Å². The van der Waals surface area contributed by atoms with Gasteiger partial charge in [-0.25, -0.2) is 4.57 Å². The highest BCUT2D eigenvalue weighted by Crippen LogP contribution is 2.41. The normalized spacial score (nSPS) is 15.1. The first-order chi connectivity index (χ1) is 5.88. The smallest absolute Gasteiger partial charge is 0.373 e. The summed E-state index contributed by atoms with van der Waals surface area (Å²) in [6.45, 7) is 1.08. The molecule has 0 spiro atoms. The van der Waals surface area contributed by atoms with Crippen molar-refractivity contribution >= 4 is 30.8 Å². The van der Waals surface area contributed by atoms with E-state index in [-0.39, 0.29) is 10.8 Å². The summed E-state index contributed by atoms with van der Waals surface area (Å²) in [6, 6.07) is 4.41. The molecule has 1 aromatic rings. The Labute approximate surface area is 85.8 Å². The predicted octanol–water partition coefficient (Wildman–Crippen LogP) is 3.19. The fourth-order valence-corrected chi connectivity index (χ4v) is 1.76. The van der Waals surface area contributed by atoms with Crippen molar-refractivity contribution in [2.24, 2.45) is 0 Å². The van der Waals surface area contributed by atoms with Crippen LogP contribution < -0.4 is 4.52 Å². The van der Waals surface area contributed by atoms with Crippen molar-refractivity contribution in [3.63, 3.8) is 0 Å². The number of rotatable bonds is 2. The molecule has 1 unspecified atom stereocenters. The molecule has 0 aliphatic heterocycles. The van der Waals surface area contributed by atoms with E-state index < -0.39 is 7.60 Å². The van der Waals surface area contributed by atoms with Gasteiger partial charge in [0.2, 0.25) is 0 Å². The van der Waals surface area contributed by atoms with Gasteiger partial charge < -0.3 is 9.42 Å². The minimum Gasteiger partial charge on any atom is -0.423 e. The molecule has 0 aliphatic rings. The van der Waals surface area contributed by atoms with Crippen LogP contribution in [0.2, 0.25) is 10.0 Å². The van der Waals surface area contributed by atoms with E-state index in [1.165, 1.54) is 18.2 Å². The second-order valence-electron chi connectivity index (χ2n) is 2.47. The van der Waals surface area contributed by atoms with Crippen molar-refractivity contribution in [1.29, 1.82) is 0 Å². The third-order valence-corrected chi connectivity index (χ3v) is 2.23. The second kappa shape index (κ2) is 3.89. The van der Waals surface area contributed by atoms with Gasteiger partial charge in [0.25, 0.3) is 0 Å². The zero-order valence-corrected chi connectivity index (χ0v) is 9.11. The first-order valence-corrected chi connectivity index (χ1v) is 6.11. The number of halogens is 2. The highest BCUT2D eigenvalue weighted by molar-refractivity contribution is 7.52. The van der Waals surface area contributed by atoms with Crippen LogP contribution in [0.3, 0.4) is 0 Å². The molecule has 0 saturated carbocycles. The predicted molar refractivity (Wildman–Crippen MR) is 52.8 cm³/mol. The third-order valence-electron chi connectivity index (χ3n) is 1.16. The Morgan fingerprint density at radius 3 is 2.54 bits per heavy atom. The van der Waals surface area contributed by atoms with Gasteiger partial charge in [0.15, 0.2) is 0 Å². The topological polar surface area (TPSA) is 46.5 Å². The fourth-order valence-electron chi connectivity index (χ4n) is 0.732. The van der Waals surface area contributed by atoms with Gasteiger partial charge in [0.1, 0.15) is 5.75 Å². The first kappa shape index (κ1) is 10.9. The summed E-state index contributed by atoms with van der Waals surface area (Å²) in [4.78, 5) is 8.91. The Bertz CT molecular complexity index is 361. The molecule has 0 fully saturated rings. The quantitative estimate of drug-likeness (QED) is 0.808. The molecule has 0 radical (unpaired) electrons. The lowest BCUT2D eigenvalue weighted by atomic mass is 10.3. The van der Waals surface area contributed by atoms with Crippen LogP contribution in [0.15, 0.2) is 18.2 Å². The third kappa shape index (κ3) is 3.57. The monoisotopic (exact) mass is 240 g/mol. The summed E-state index contributed by atoms with van der Waals surface area (Å²) in [5.41, 5.74) is 0. The van der Waals surface area contributed by atoms with Gasteiger partial charge in [-0.05, 0) is 18.2 Å². The highest BCUT2D eigenvalue weighted by Gasteiger charge is 2.14.